The number of aryl methyl sites for hydroxylation is 2. The zero-order valence-electron chi connectivity index (χ0n) is 14.9. The molecular formula is C19H17N7O. The number of pyridine rings is 1. The maximum Gasteiger partial charge on any atom is 0.251 e. The second-order valence-corrected chi connectivity index (χ2v) is 6.15. The van der Waals surface area contributed by atoms with Gasteiger partial charge in [0.1, 0.15) is 12.7 Å². The summed E-state index contributed by atoms with van der Waals surface area (Å²) in [4.78, 5) is 29.7. The zero-order chi connectivity index (χ0) is 18.8. The molecule has 8 nitrogen and oxygen atoms in total. The van der Waals surface area contributed by atoms with Crippen LogP contribution in [0, 0.1) is 13.8 Å². The number of nitrogens with zero attached hydrogens (tertiary/aromatic N) is 6. The van der Waals surface area contributed by atoms with Gasteiger partial charge in [0.05, 0.1) is 22.4 Å². The summed E-state index contributed by atoms with van der Waals surface area (Å²) < 4.78 is 1.57. The van der Waals surface area contributed by atoms with E-state index in [-0.39, 0.29) is 5.91 Å². The van der Waals surface area contributed by atoms with E-state index in [1.807, 2.05) is 32.0 Å². The monoisotopic (exact) mass is 359 g/mol. The van der Waals surface area contributed by atoms with E-state index in [1.54, 1.807) is 29.3 Å². The molecule has 134 valence electrons. The lowest BCUT2D eigenvalue weighted by atomic mass is 10.1. The van der Waals surface area contributed by atoms with Crippen LogP contribution in [0.3, 0.4) is 0 Å². The Kier molecular flexibility index (Phi) is 4.29. The van der Waals surface area contributed by atoms with Crippen LogP contribution in [0.4, 0.5) is 0 Å². The average Bonchev–Trinajstić information content (AvgIpc) is 3.22. The fraction of sp³-hybridized carbons (Fsp3) is 0.158. The van der Waals surface area contributed by atoms with Crippen molar-refractivity contribution in [2.24, 2.45) is 0 Å². The highest BCUT2D eigenvalue weighted by Gasteiger charge is 2.09. The van der Waals surface area contributed by atoms with E-state index in [1.165, 1.54) is 6.33 Å². The molecule has 0 saturated heterocycles. The van der Waals surface area contributed by atoms with E-state index in [0.29, 0.717) is 23.4 Å². The van der Waals surface area contributed by atoms with Crippen LogP contribution < -0.4 is 5.32 Å². The van der Waals surface area contributed by atoms with Crippen molar-refractivity contribution in [2.75, 3.05) is 0 Å². The largest absolute Gasteiger partial charge is 0.348 e. The predicted molar refractivity (Wildman–Crippen MR) is 99.3 cm³/mol. The fourth-order valence-electron chi connectivity index (χ4n) is 2.64. The second-order valence-electron chi connectivity index (χ2n) is 6.15. The van der Waals surface area contributed by atoms with Crippen LogP contribution in [-0.4, -0.2) is 35.6 Å². The van der Waals surface area contributed by atoms with Crippen LogP contribution in [0.1, 0.15) is 27.3 Å². The van der Waals surface area contributed by atoms with Gasteiger partial charge in [0.25, 0.3) is 5.91 Å². The number of benzene rings is 1. The lowest BCUT2D eigenvalue weighted by molar-refractivity contribution is 0.0951. The summed E-state index contributed by atoms with van der Waals surface area (Å²) in [5, 5.41) is 6.93. The van der Waals surface area contributed by atoms with Gasteiger partial charge in [-0.05, 0) is 43.7 Å². The molecule has 0 aliphatic carbocycles. The molecule has 3 aromatic heterocycles. The van der Waals surface area contributed by atoms with Crippen molar-refractivity contribution in [3.05, 3.63) is 71.7 Å². The molecule has 1 N–H and O–H groups in total. The molecular weight excluding hydrogens is 342 g/mol. The van der Waals surface area contributed by atoms with Crippen molar-refractivity contribution in [1.82, 2.24) is 35.0 Å². The molecule has 0 radical (unpaired) electrons. The number of amides is 1. The smallest absolute Gasteiger partial charge is 0.251 e. The summed E-state index contributed by atoms with van der Waals surface area (Å²) in [7, 11) is 0. The molecule has 0 atom stereocenters. The molecule has 0 bridgehead atoms. The number of hydrogen-bond donors (Lipinski definition) is 1. The maximum atomic E-state index is 12.5. The molecule has 0 aliphatic heterocycles. The zero-order valence-corrected chi connectivity index (χ0v) is 14.9. The highest BCUT2D eigenvalue weighted by atomic mass is 16.1. The van der Waals surface area contributed by atoms with Crippen LogP contribution in [0.5, 0.6) is 0 Å². The van der Waals surface area contributed by atoms with Crippen LogP contribution in [0.25, 0.3) is 16.9 Å². The average molecular weight is 359 g/mol. The Morgan fingerprint density at radius 3 is 2.59 bits per heavy atom. The Morgan fingerprint density at radius 1 is 1.07 bits per heavy atom. The first kappa shape index (κ1) is 16.8. The first-order chi connectivity index (χ1) is 13.1. The van der Waals surface area contributed by atoms with Crippen molar-refractivity contribution >= 4 is 16.9 Å². The molecule has 0 saturated carbocycles. The molecule has 4 rings (SSSR count). The standard InChI is InChI=1S/C19H17N7O/c1-12-13(2)25-17-7-15(4-5-16(17)24-12)19(27)22-9-14-3-6-18(21-8-14)26-11-20-10-23-26/h3-8,10-11H,9H2,1-2H3,(H,22,27). The Bertz CT molecular complexity index is 1110. The Labute approximate surface area is 155 Å². The number of fused-ring (bicyclic) bond motifs is 1. The quantitative estimate of drug-likeness (QED) is 0.599. The topological polar surface area (TPSA) is 98.5 Å². The van der Waals surface area contributed by atoms with Gasteiger partial charge >= 0.3 is 0 Å². The lowest BCUT2D eigenvalue weighted by Crippen LogP contribution is -2.23. The van der Waals surface area contributed by atoms with Crippen LogP contribution in [0.2, 0.25) is 0 Å². The van der Waals surface area contributed by atoms with Gasteiger partial charge in [-0.1, -0.05) is 6.07 Å². The fourth-order valence-corrected chi connectivity index (χ4v) is 2.64. The molecule has 4 aromatic rings. The van der Waals surface area contributed by atoms with Crippen molar-refractivity contribution < 1.29 is 4.79 Å². The highest BCUT2D eigenvalue weighted by Crippen LogP contribution is 2.14. The molecule has 8 heteroatoms. The normalized spacial score (nSPS) is 10.9. The summed E-state index contributed by atoms with van der Waals surface area (Å²) in [5.74, 6) is 0.499. The van der Waals surface area contributed by atoms with E-state index in [9.17, 15) is 4.79 Å². The Morgan fingerprint density at radius 2 is 1.89 bits per heavy atom. The lowest BCUT2D eigenvalue weighted by Gasteiger charge is -2.08. The number of aromatic nitrogens is 6. The minimum atomic E-state index is -0.169. The van der Waals surface area contributed by atoms with Gasteiger partial charge < -0.3 is 5.32 Å². The summed E-state index contributed by atoms with van der Waals surface area (Å²) >= 11 is 0. The van der Waals surface area contributed by atoms with Gasteiger partial charge in [-0.15, -0.1) is 0 Å². The minimum absolute atomic E-state index is 0.169. The van der Waals surface area contributed by atoms with E-state index in [4.69, 9.17) is 0 Å². The number of rotatable bonds is 4. The number of carbonyl (C=O) groups excluding carboxylic acids is 1. The number of nitrogens with one attached hydrogen (secondary N) is 1. The van der Waals surface area contributed by atoms with Crippen LogP contribution in [0.15, 0.2) is 49.2 Å². The molecule has 0 unspecified atom stereocenters. The van der Waals surface area contributed by atoms with E-state index < -0.39 is 0 Å². The molecule has 1 amide bonds. The predicted octanol–water partition coefficient (Wildman–Crippen LogP) is 2.15. The molecule has 0 spiro atoms. The summed E-state index contributed by atoms with van der Waals surface area (Å²) in [6.45, 7) is 4.20. The molecule has 1 aromatic carbocycles. The maximum absolute atomic E-state index is 12.5. The Hall–Kier alpha value is -3.68. The molecule has 0 aliphatic rings. The second kappa shape index (κ2) is 6.91. The van der Waals surface area contributed by atoms with Gasteiger partial charge in [0, 0.05) is 18.3 Å². The van der Waals surface area contributed by atoms with Crippen LogP contribution >= 0.6 is 0 Å². The third-order valence-electron chi connectivity index (χ3n) is 4.25. The minimum Gasteiger partial charge on any atom is -0.348 e. The van der Waals surface area contributed by atoms with Crippen molar-refractivity contribution in [1.29, 1.82) is 0 Å². The van der Waals surface area contributed by atoms with Gasteiger partial charge in [-0.2, -0.15) is 5.10 Å². The molecule has 3 heterocycles. The van der Waals surface area contributed by atoms with Gasteiger partial charge in [0.2, 0.25) is 0 Å². The summed E-state index contributed by atoms with van der Waals surface area (Å²) in [6.07, 6.45) is 4.73. The van der Waals surface area contributed by atoms with Gasteiger partial charge in [0.15, 0.2) is 5.82 Å². The van der Waals surface area contributed by atoms with E-state index in [0.717, 1.165) is 22.5 Å². The first-order valence-corrected chi connectivity index (χ1v) is 8.43. The third kappa shape index (κ3) is 3.50. The van der Waals surface area contributed by atoms with Crippen molar-refractivity contribution in [3.63, 3.8) is 0 Å². The SMILES string of the molecule is Cc1nc2ccc(C(=O)NCc3ccc(-n4cncn4)nc3)cc2nc1C. The van der Waals surface area contributed by atoms with E-state index in [2.05, 4.69) is 30.4 Å². The number of hydrogen-bond acceptors (Lipinski definition) is 6. The van der Waals surface area contributed by atoms with Crippen molar-refractivity contribution in [3.8, 4) is 5.82 Å². The van der Waals surface area contributed by atoms with Crippen LogP contribution in [-0.2, 0) is 6.54 Å². The summed E-state index contributed by atoms with van der Waals surface area (Å²) in [6, 6.07) is 9.05. The molecule has 27 heavy (non-hydrogen) atoms. The van der Waals surface area contributed by atoms with Gasteiger partial charge in [-0.25, -0.2) is 24.6 Å². The van der Waals surface area contributed by atoms with Crippen molar-refractivity contribution in [2.45, 2.75) is 20.4 Å². The first-order valence-electron chi connectivity index (χ1n) is 8.43. The van der Waals surface area contributed by atoms with E-state index >= 15 is 0 Å². The third-order valence-corrected chi connectivity index (χ3v) is 4.25. The molecule has 0 fully saturated rings. The highest BCUT2D eigenvalue weighted by molar-refractivity contribution is 5.97. The summed E-state index contributed by atoms with van der Waals surface area (Å²) in [5.41, 5.74) is 4.68. The van der Waals surface area contributed by atoms with Gasteiger partial charge in [-0.3, -0.25) is 4.79 Å². The number of carbonyl (C=O) groups is 1. The Balaban J connectivity index is 1.46.